The Morgan fingerprint density at radius 2 is 2.20 bits per heavy atom. The van der Waals surface area contributed by atoms with E-state index in [-0.39, 0.29) is 0 Å². The molecule has 20 heavy (non-hydrogen) atoms. The van der Waals surface area contributed by atoms with Crippen LogP contribution in [0.2, 0.25) is 0 Å². The summed E-state index contributed by atoms with van der Waals surface area (Å²) in [6.45, 7) is 6.92. The zero-order valence-electron chi connectivity index (χ0n) is 12.2. The number of anilines is 1. The van der Waals surface area contributed by atoms with Crippen LogP contribution in [0.4, 0.5) is 5.69 Å². The standard InChI is InChI=1S/C16H19N3S/c1-16(2,3)10-4-5-12-9(6-10)7-11-14(18)13(8-17)20-15(11)19-12/h7,10H,4-6,18H2,1-3H3/t10-/m0/s1. The fourth-order valence-corrected chi connectivity index (χ4v) is 3.91. The molecular weight excluding hydrogens is 266 g/mol. The number of hydrogen-bond acceptors (Lipinski definition) is 4. The largest absolute Gasteiger partial charge is 0.396 e. The van der Waals surface area contributed by atoms with E-state index in [2.05, 4.69) is 32.9 Å². The maximum absolute atomic E-state index is 9.09. The number of nitrogens with zero attached hydrogens (tertiary/aromatic N) is 2. The third-order valence-corrected chi connectivity index (χ3v) is 5.43. The third kappa shape index (κ3) is 2.06. The summed E-state index contributed by atoms with van der Waals surface area (Å²) < 4.78 is 0. The Kier molecular flexibility index (Phi) is 2.98. The molecule has 2 N–H and O–H groups in total. The summed E-state index contributed by atoms with van der Waals surface area (Å²) >= 11 is 1.41. The second kappa shape index (κ2) is 4.46. The molecule has 3 rings (SSSR count). The van der Waals surface area contributed by atoms with Crippen LogP contribution in [0.25, 0.3) is 10.2 Å². The van der Waals surface area contributed by atoms with E-state index < -0.39 is 0 Å². The van der Waals surface area contributed by atoms with Gasteiger partial charge in [0.15, 0.2) is 0 Å². The number of aryl methyl sites for hydroxylation is 1. The summed E-state index contributed by atoms with van der Waals surface area (Å²) in [5.74, 6) is 0.685. The van der Waals surface area contributed by atoms with Gasteiger partial charge in [-0.15, -0.1) is 11.3 Å². The number of hydrogen-bond donors (Lipinski definition) is 1. The molecule has 2 aromatic heterocycles. The van der Waals surface area contributed by atoms with E-state index in [9.17, 15) is 0 Å². The van der Waals surface area contributed by atoms with Crippen molar-refractivity contribution < 1.29 is 0 Å². The van der Waals surface area contributed by atoms with Gasteiger partial charge in [0.2, 0.25) is 0 Å². The number of rotatable bonds is 0. The predicted molar refractivity (Wildman–Crippen MR) is 83.7 cm³/mol. The van der Waals surface area contributed by atoms with E-state index in [1.807, 2.05) is 0 Å². The van der Waals surface area contributed by atoms with Gasteiger partial charge >= 0.3 is 0 Å². The Balaban J connectivity index is 2.09. The average molecular weight is 285 g/mol. The minimum absolute atomic E-state index is 0.324. The van der Waals surface area contributed by atoms with Crippen molar-refractivity contribution in [3.63, 3.8) is 0 Å². The van der Waals surface area contributed by atoms with Crippen molar-refractivity contribution in [3.05, 3.63) is 22.2 Å². The van der Waals surface area contributed by atoms with Gasteiger partial charge in [-0.1, -0.05) is 20.8 Å². The van der Waals surface area contributed by atoms with Crippen LogP contribution in [0.15, 0.2) is 6.07 Å². The van der Waals surface area contributed by atoms with Crippen LogP contribution in [0.5, 0.6) is 0 Å². The minimum Gasteiger partial charge on any atom is -0.396 e. The smallest absolute Gasteiger partial charge is 0.130 e. The molecule has 1 atom stereocenters. The number of aromatic nitrogens is 1. The van der Waals surface area contributed by atoms with Gasteiger partial charge in [0.1, 0.15) is 15.8 Å². The lowest BCUT2D eigenvalue weighted by atomic mass is 9.71. The van der Waals surface area contributed by atoms with Crippen LogP contribution in [0.1, 0.15) is 43.3 Å². The Morgan fingerprint density at radius 1 is 1.45 bits per heavy atom. The molecule has 0 bridgehead atoms. The summed E-state index contributed by atoms with van der Waals surface area (Å²) in [7, 11) is 0. The molecule has 0 amide bonds. The van der Waals surface area contributed by atoms with Crippen molar-refractivity contribution in [1.29, 1.82) is 5.26 Å². The molecule has 0 unspecified atom stereocenters. The highest BCUT2D eigenvalue weighted by molar-refractivity contribution is 7.19. The Hall–Kier alpha value is -1.60. The van der Waals surface area contributed by atoms with Gasteiger partial charge in [0, 0.05) is 11.1 Å². The number of nitrogens with two attached hydrogens (primary N) is 1. The maximum Gasteiger partial charge on any atom is 0.130 e. The monoisotopic (exact) mass is 285 g/mol. The summed E-state index contributed by atoms with van der Waals surface area (Å²) in [5.41, 5.74) is 9.49. The molecule has 0 spiro atoms. The van der Waals surface area contributed by atoms with Crippen molar-refractivity contribution in [2.45, 2.75) is 40.0 Å². The molecule has 0 fully saturated rings. The van der Waals surface area contributed by atoms with Crippen LogP contribution in [0.3, 0.4) is 0 Å². The first-order valence-electron chi connectivity index (χ1n) is 7.01. The van der Waals surface area contributed by atoms with Crippen LogP contribution in [-0.4, -0.2) is 4.98 Å². The van der Waals surface area contributed by atoms with Crippen molar-refractivity contribution in [1.82, 2.24) is 4.98 Å². The molecule has 2 heterocycles. The highest BCUT2D eigenvalue weighted by Gasteiger charge is 2.29. The van der Waals surface area contributed by atoms with Crippen LogP contribution < -0.4 is 5.73 Å². The predicted octanol–water partition coefficient (Wildman–Crippen LogP) is 3.90. The lowest BCUT2D eigenvalue weighted by Gasteiger charge is -2.34. The molecule has 1 aliphatic carbocycles. The van der Waals surface area contributed by atoms with Crippen LogP contribution in [-0.2, 0) is 12.8 Å². The minimum atomic E-state index is 0.324. The molecule has 1 aliphatic rings. The fraction of sp³-hybridized carbons (Fsp3) is 0.500. The number of nitriles is 1. The highest BCUT2D eigenvalue weighted by Crippen LogP contribution is 2.40. The van der Waals surface area contributed by atoms with E-state index >= 15 is 0 Å². The topological polar surface area (TPSA) is 62.7 Å². The van der Waals surface area contributed by atoms with E-state index in [4.69, 9.17) is 16.0 Å². The molecular formula is C16H19N3S. The average Bonchev–Trinajstić information content (AvgIpc) is 2.71. The highest BCUT2D eigenvalue weighted by atomic mass is 32.1. The van der Waals surface area contributed by atoms with Crippen LogP contribution in [0, 0.1) is 22.7 Å². The van der Waals surface area contributed by atoms with Crippen molar-refractivity contribution >= 4 is 27.2 Å². The molecule has 4 heteroatoms. The van der Waals surface area contributed by atoms with Crippen molar-refractivity contribution in [2.75, 3.05) is 5.73 Å². The third-order valence-electron chi connectivity index (χ3n) is 4.41. The first kappa shape index (κ1) is 13.4. The Labute approximate surface area is 123 Å². The van der Waals surface area contributed by atoms with Crippen molar-refractivity contribution in [3.8, 4) is 6.07 Å². The molecule has 0 aliphatic heterocycles. The van der Waals surface area contributed by atoms with Gasteiger partial charge in [-0.05, 0) is 42.2 Å². The van der Waals surface area contributed by atoms with E-state index in [0.29, 0.717) is 21.9 Å². The Morgan fingerprint density at radius 3 is 2.85 bits per heavy atom. The molecule has 0 saturated carbocycles. The van der Waals surface area contributed by atoms with Gasteiger partial charge in [-0.2, -0.15) is 5.26 Å². The number of nitrogen functional groups attached to an aromatic ring is 1. The van der Waals surface area contributed by atoms with Gasteiger partial charge in [0.25, 0.3) is 0 Å². The van der Waals surface area contributed by atoms with E-state index in [1.54, 1.807) is 0 Å². The van der Waals surface area contributed by atoms with Gasteiger partial charge in [0.05, 0.1) is 5.69 Å². The second-order valence-corrected chi connectivity index (χ2v) is 7.71. The first-order chi connectivity index (χ1) is 9.40. The molecule has 2 aromatic rings. The summed E-state index contributed by atoms with van der Waals surface area (Å²) in [6, 6.07) is 4.33. The quantitative estimate of drug-likeness (QED) is 0.798. The van der Waals surface area contributed by atoms with Gasteiger partial charge in [-0.25, -0.2) is 4.98 Å². The number of fused-ring (bicyclic) bond motifs is 2. The summed E-state index contributed by atoms with van der Waals surface area (Å²) in [5, 5.41) is 10.0. The Bertz CT molecular complexity index is 716. The van der Waals surface area contributed by atoms with Crippen molar-refractivity contribution in [2.24, 2.45) is 11.3 Å². The zero-order chi connectivity index (χ0) is 14.5. The van der Waals surface area contributed by atoms with E-state index in [1.165, 1.54) is 29.0 Å². The number of thiophene rings is 1. The zero-order valence-corrected chi connectivity index (χ0v) is 13.0. The maximum atomic E-state index is 9.09. The summed E-state index contributed by atoms with van der Waals surface area (Å²) in [6.07, 6.45) is 3.30. The second-order valence-electron chi connectivity index (χ2n) is 6.71. The summed E-state index contributed by atoms with van der Waals surface area (Å²) in [4.78, 5) is 6.24. The normalized spacial score (nSPS) is 18.8. The van der Waals surface area contributed by atoms with Gasteiger partial charge in [-0.3, -0.25) is 0 Å². The lowest BCUT2D eigenvalue weighted by molar-refractivity contribution is 0.215. The van der Waals surface area contributed by atoms with Crippen LogP contribution >= 0.6 is 11.3 Å². The molecule has 104 valence electrons. The number of pyridine rings is 1. The van der Waals surface area contributed by atoms with E-state index in [0.717, 1.165) is 23.1 Å². The lowest BCUT2D eigenvalue weighted by Crippen LogP contribution is -2.27. The molecule has 3 nitrogen and oxygen atoms in total. The molecule has 0 aromatic carbocycles. The first-order valence-corrected chi connectivity index (χ1v) is 7.82. The SMILES string of the molecule is CC(C)(C)[C@H]1CCc2nc3sc(C#N)c(N)c3cc2C1. The molecule has 0 radical (unpaired) electrons. The fourth-order valence-electron chi connectivity index (χ4n) is 3.01. The van der Waals surface area contributed by atoms with Gasteiger partial charge < -0.3 is 5.73 Å². The molecule has 0 saturated heterocycles.